The molecule has 3 aromatic rings. The highest BCUT2D eigenvalue weighted by molar-refractivity contribution is 7.89. The highest BCUT2D eigenvalue weighted by Crippen LogP contribution is 2.22. The molecule has 1 heterocycles. The first kappa shape index (κ1) is 16.7. The summed E-state index contributed by atoms with van der Waals surface area (Å²) in [5.74, 6) is 0.830. The highest BCUT2D eigenvalue weighted by atomic mass is 32.2. The van der Waals surface area contributed by atoms with Crippen molar-refractivity contribution in [2.75, 3.05) is 5.32 Å². The number of sulfonamides is 1. The average Bonchev–Trinajstić information content (AvgIpc) is 3.33. The molecule has 1 aliphatic rings. The molecule has 8 heteroatoms. The number of anilines is 1. The van der Waals surface area contributed by atoms with E-state index in [1.165, 1.54) is 0 Å². The van der Waals surface area contributed by atoms with E-state index >= 15 is 0 Å². The molecule has 1 aromatic heterocycles. The third kappa shape index (κ3) is 3.92. The fourth-order valence-electron chi connectivity index (χ4n) is 2.45. The van der Waals surface area contributed by atoms with Crippen LogP contribution in [0, 0.1) is 0 Å². The maximum atomic E-state index is 12.2. The lowest BCUT2D eigenvalue weighted by molar-refractivity contribution is 0.432. The zero-order valence-corrected chi connectivity index (χ0v) is 14.7. The minimum absolute atomic E-state index is 0.0957. The summed E-state index contributed by atoms with van der Waals surface area (Å²) in [7, 11) is -3.42. The zero-order valence-electron chi connectivity index (χ0n) is 13.9. The lowest BCUT2D eigenvalue weighted by Crippen LogP contribution is -2.25. The Morgan fingerprint density at radius 3 is 2.46 bits per heavy atom. The lowest BCUT2D eigenvalue weighted by Gasteiger charge is -2.07. The summed E-state index contributed by atoms with van der Waals surface area (Å²) in [6.45, 7) is 0.462. The summed E-state index contributed by atoms with van der Waals surface area (Å²) in [5.41, 5.74) is 1.77. The molecule has 4 rings (SSSR count). The fourth-order valence-corrected chi connectivity index (χ4v) is 3.75. The lowest BCUT2D eigenvalue weighted by atomic mass is 10.2. The van der Waals surface area contributed by atoms with Crippen LogP contribution in [-0.4, -0.2) is 24.6 Å². The predicted octanol–water partition coefficient (Wildman–Crippen LogP) is 2.79. The van der Waals surface area contributed by atoms with Crippen LogP contribution in [0.15, 0.2) is 64.0 Å². The standard InChI is InChI=1S/C18H18N4O3S/c23-26(24,22-15-8-9-15)16-10-6-13(7-11-16)12-19-18-20-17(25-21-18)14-4-2-1-3-5-14/h1-7,10-11,15,22H,8-9,12H2,(H,19,21). The molecule has 7 nitrogen and oxygen atoms in total. The van der Waals surface area contributed by atoms with Gasteiger partial charge in [-0.05, 0) is 47.8 Å². The van der Waals surface area contributed by atoms with Gasteiger partial charge in [-0.25, -0.2) is 13.1 Å². The maximum Gasteiger partial charge on any atom is 0.264 e. The van der Waals surface area contributed by atoms with Crippen LogP contribution < -0.4 is 10.0 Å². The van der Waals surface area contributed by atoms with E-state index in [4.69, 9.17) is 4.52 Å². The largest absolute Gasteiger partial charge is 0.347 e. The van der Waals surface area contributed by atoms with E-state index in [0.29, 0.717) is 18.4 Å². The van der Waals surface area contributed by atoms with Gasteiger partial charge in [0.2, 0.25) is 10.0 Å². The van der Waals surface area contributed by atoms with Crippen LogP contribution in [-0.2, 0) is 16.6 Å². The Morgan fingerprint density at radius 2 is 1.77 bits per heavy atom. The summed E-state index contributed by atoms with van der Waals surface area (Å²) in [5, 5.41) is 6.97. The Kier molecular flexibility index (Phi) is 4.44. The molecule has 1 saturated carbocycles. The van der Waals surface area contributed by atoms with Crippen molar-refractivity contribution in [3.63, 3.8) is 0 Å². The van der Waals surface area contributed by atoms with Gasteiger partial charge in [0.05, 0.1) is 4.90 Å². The Balaban J connectivity index is 1.38. The second kappa shape index (κ2) is 6.89. The number of aromatic nitrogens is 2. The van der Waals surface area contributed by atoms with Crippen molar-refractivity contribution in [1.82, 2.24) is 14.9 Å². The first-order valence-corrected chi connectivity index (χ1v) is 9.83. The van der Waals surface area contributed by atoms with Gasteiger partial charge in [0.1, 0.15) is 0 Å². The van der Waals surface area contributed by atoms with E-state index in [1.807, 2.05) is 30.3 Å². The molecule has 26 heavy (non-hydrogen) atoms. The average molecular weight is 370 g/mol. The molecule has 0 aliphatic heterocycles. The van der Waals surface area contributed by atoms with E-state index in [0.717, 1.165) is 24.0 Å². The second-order valence-electron chi connectivity index (χ2n) is 6.18. The second-order valence-corrected chi connectivity index (χ2v) is 7.90. The van der Waals surface area contributed by atoms with Crippen molar-refractivity contribution in [3.8, 4) is 11.5 Å². The Labute approximate surface area is 151 Å². The molecule has 1 aliphatic carbocycles. The topological polar surface area (TPSA) is 97.1 Å². The van der Waals surface area contributed by atoms with E-state index in [-0.39, 0.29) is 10.9 Å². The molecule has 0 amide bonds. The van der Waals surface area contributed by atoms with Gasteiger partial charge in [0.15, 0.2) is 0 Å². The number of nitrogens with one attached hydrogen (secondary N) is 2. The van der Waals surface area contributed by atoms with Crippen molar-refractivity contribution < 1.29 is 12.9 Å². The molecule has 2 aromatic carbocycles. The van der Waals surface area contributed by atoms with Gasteiger partial charge < -0.3 is 9.84 Å². The molecule has 0 saturated heterocycles. The number of hydrogen-bond donors (Lipinski definition) is 2. The molecule has 0 atom stereocenters. The van der Waals surface area contributed by atoms with E-state index in [2.05, 4.69) is 20.2 Å². The summed E-state index contributed by atoms with van der Waals surface area (Å²) in [6.07, 6.45) is 1.83. The van der Waals surface area contributed by atoms with Gasteiger partial charge in [0, 0.05) is 18.2 Å². The van der Waals surface area contributed by atoms with Crippen molar-refractivity contribution in [2.24, 2.45) is 0 Å². The van der Waals surface area contributed by atoms with Gasteiger partial charge in [0.25, 0.3) is 11.8 Å². The van der Waals surface area contributed by atoms with Gasteiger partial charge >= 0.3 is 0 Å². The van der Waals surface area contributed by atoms with Gasteiger partial charge in [-0.3, -0.25) is 0 Å². The minimum Gasteiger partial charge on any atom is -0.347 e. The van der Waals surface area contributed by atoms with Crippen LogP contribution in [0.25, 0.3) is 11.5 Å². The smallest absolute Gasteiger partial charge is 0.264 e. The fraction of sp³-hybridized carbons (Fsp3) is 0.222. The third-order valence-corrected chi connectivity index (χ3v) is 5.57. The van der Waals surface area contributed by atoms with Crippen LogP contribution in [0.4, 0.5) is 5.95 Å². The normalized spacial score (nSPS) is 14.3. The number of nitrogens with zero attached hydrogens (tertiary/aromatic N) is 2. The molecule has 2 N–H and O–H groups in total. The van der Waals surface area contributed by atoms with Gasteiger partial charge in [-0.2, -0.15) is 4.98 Å². The Bertz CT molecular complexity index is 981. The van der Waals surface area contributed by atoms with Gasteiger partial charge in [-0.1, -0.05) is 30.3 Å². The van der Waals surface area contributed by atoms with E-state index in [9.17, 15) is 8.42 Å². The predicted molar refractivity (Wildman–Crippen MR) is 96.8 cm³/mol. The summed E-state index contributed by atoms with van der Waals surface area (Å²) in [4.78, 5) is 4.57. The van der Waals surface area contributed by atoms with Crippen molar-refractivity contribution in [3.05, 3.63) is 60.2 Å². The molecular weight excluding hydrogens is 352 g/mol. The Morgan fingerprint density at radius 1 is 1.04 bits per heavy atom. The molecule has 0 radical (unpaired) electrons. The van der Waals surface area contributed by atoms with Crippen LogP contribution in [0.3, 0.4) is 0 Å². The Hall–Kier alpha value is -2.71. The third-order valence-electron chi connectivity index (χ3n) is 4.03. The molecule has 1 fully saturated rings. The van der Waals surface area contributed by atoms with Crippen molar-refractivity contribution >= 4 is 16.0 Å². The van der Waals surface area contributed by atoms with Crippen LogP contribution in [0.5, 0.6) is 0 Å². The highest BCUT2D eigenvalue weighted by Gasteiger charge is 2.27. The zero-order chi connectivity index (χ0) is 18.0. The molecule has 0 unspecified atom stereocenters. The van der Waals surface area contributed by atoms with E-state index in [1.54, 1.807) is 24.3 Å². The first-order chi connectivity index (χ1) is 12.6. The SMILES string of the molecule is O=S(=O)(NC1CC1)c1ccc(CNc2noc(-c3ccccc3)n2)cc1. The van der Waals surface area contributed by atoms with Crippen molar-refractivity contribution in [2.45, 2.75) is 30.3 Å². The van der Waals surface area contributed by atoms with Crippen LogP contribution in [0.1, 0.15) is 18.4 Å². The monoisotopic (exact) mass is 370 g/mol. The summed E-state index contributed by atoms with van der Waals surface area (Å²) < 4.78 is 32.2. The summed E-state index contributed by atoms with van der Waals surface area (Å²) >= 11 is 0. The number of hydrogen-bond acceptors (Lipinski definition) is 6. The number of rotatable bonds is 7. The summed E-state index contributed by atoms with van der Waals surface area (Å²) in [6, 6.07) is 16.4. The quantitative estimate of drug-likeness (QED) is 0.664. The minimum atomic E-state index is -3.42. The number of benzene rings is 2. The van der Waals surface area contributed by atoms with Crippen LogP contribution >= 0.6 is 0 Å². The maximum absolute atomic E-state index is 12.2. The molecular formula is C18H18N4O3S. The van der Waals surface area contributed by atoms with Gasteiger partial charge in [-0.15, -0.1) is 0 Å². The molecule has 134 valence electrons. The van der Waals surface area contributed by atoms with Crippen molar-refractivity contribution in [1.29, 1.82) is 0 Å². The first-order valence-electron chi connectivity index (χ1n) is 8.34. The molecule has 0 spiro atoms. The van der Waals surface area contributed by atoms with Crippen LogP contribution in [0.2, 0.25) is 0 Å². The van der Waals surface area contributed by atoms with E-state index < -0.39 is 10.0 Å². The molecule has 0 bridgehead atoms.